The van der Waals surface area contributed by atoms with E-state index in [4.69, 9.17) is 9.62 Å². The molecule has 0 fully saturated rings. The van der Waals surface area contributed by atoms with Crippen LogP contribution in [0.1, 0.15) is 33.6 Å². The van der Waals surface area contributed by atoms with Crippen molar-refractivity contribution >= 4 is 5.97 Å². The predicted molar refractivity (Wildman–Crippen MR) is 56.2 cm³/mol. The fourth-order valence-corrected chi connectivity index (χ4v) is 1.59. The standard InChI is InChI=1S/C11H18O5/c1-4-13-10(12)11(15-16-14-5-2)7-6-9(3)8-11/h6H,4-5,7-8H2,1-3H3. The van der Waals surface area contributed by atoms with Gasteiger partial charge >= 0.3 is 5.97 Å². The zero-order valence-corrected chi connectivity index (χ0v) is 9.95. The van der Waals surface area contributed by atoms with E-state index in [9.17, 15) is 4.79 Å². The molecule has 1 aliphatic carbocycles. The lowest BCUT2D eigenvalue weighted by molar-refractivity contribution is -0.536. The molecular weight excluding hydrogens is 212 g/mol. The van der Waals surface area contributed by atoms with Crippen LogP contribution in [0.2, 0.25) is 0 Å². The number of hydrogen-bond donors (Lipinski definition) is 0. The Morgan fingerprint density at radius 1 is 1.44 bits per heavy atom. The SMILES string of the molecule is CCOOOC1(C(=O)OCC)CC=C(C)C1. The van der Waals surface area contributed by atoms with Crippen LogP contribution in [0.4, 0.5) is 0 Å². The summed E-state index contributed by atoms with van der Waals surface area (Å²) in [6, 6.07) is 0. The quantitative estimate of drug-likeness (QED) is 0.229. The lowest BCUT2D eigenvalue weighted by Gasteiger charge is -2.24. The van der Waals surface area contributed by atoms with Crippen LogP contribution in [-0.4, -0.2) is 24.8 Å². The van der Waals surface area contributed by atoms with E-state index in [1.807, 2.05) is 13.0 Å². The van der Waals surface area contributed by atoms with E-state index in [-0.39, 0.29) is 0 Å². The second kappa shape index (κ2) is 5.98. The molecule has 1 rings (SSSR count). The average molecular weight is 230 g/mol. The molecule has 16 heavy (non-hydrogen) atoms. The van der Waals surface area contributed by atoms with Gasteiger partial charge in [-0.15, -0.1) is 0 Å². The highest BCUT2D eigenvalue weighted by Gasteiger charge is 2.45. The summed E-state index contributed by atoms with van der Waals surface area (Å²) in [5.41, 5.74) is 0.00285. The Bertz CT molecular complexity index is 274. The smallest absolute Gasteiger partial charge is 0.342 e. The number of ether oxygens (including phenoxy) is 1. The summed E-state index contributed by atoms with van der Waals surface area (Å²) in [5.74, 6) is -0.414. The van der Waals surface area contributed by atoms with E-state index in [2.05, 4.69) is 9.93 Å². The van der Waals surface area contributed by atoms with Crippen LogP contribution in [-0.2, 0) is 24.3 Å². The number of hydrogen-bond acceptors (Lipinski definition) is 5. The van der Waals surface area contributed by atoms with Crippen LogP contribution in [0.5, 0.6) is 0 Å². The van der Waals surface area contributed by atoms with Gasteiger partial charge in [0.1, 0.15) is 0 Å². The van der Waals surface area contributed by atoms with Gasteiger partial charge in [-0.1, -0.05) is 16.7 Å². The van der Waals surface area contributed by atoms with Gasteiger partial charge < -0.3 is 4.74 Å². The van der Waals surface area contributed by atoms with Gasteiger partial charge in [0.05, 0.1) is 13.2 Å². The minimum atomic E-state index is -1.07. The van der Waals surface area contributed by atoms with Crippen molar-refractivity contribution in [2.24, 2.45) is 0 Å². The minimum Gasteiger partial charge on any atom is -0.464 e. The lowest BCUT2D eigenvalue weighted by atomic mass is 10.0. The molecule has 5 nitrogen and oxygen atoms in total. The molecule has 92 valence electrons. The maximum absolute atomic E-state index is 11.8. The topological polar surface area (TPSA) is 54.0 Å². The summed E-state index contributed by atoms with van der Waals surface area (Å²) >= 11 is 0. The van der Waals surface area contributed by atoms with E-state index in [1.165, 1.54) is 0 Å². The summed E-state index contributed by atoms with van der Waals surface area (Å²) < 4.78 is 4.98. The molecule has 0 spiro atoms. The first-order valence-corrected chi connectivity index (χ1v) is 5.44. The van der Waals surface area contributed by atoms with Crippen LogP contribution < -0.4 is 0 Å². The first-order valence-electron chi connectivity index (χ1n) is 5.44. The van der Waals surface area contributed by atoms with Crippen molar-refractivity contribution in [2.45, 2.75) is 39.2 Å². The van der Waals surface area contributed by atoms with E-state index in [1.54, 1.807) is 13.8 Å². The largest absolute Gasteiger partial charge is 0.464 e. The molecule has 1 unspecified atom stereocenters. The number of esters is 1. The highest BCUT2D eigenvalue weighted by molar-refractivity contribution is 5.81. The van der Waals surface area contributed by atoms with Crippen LogP contribution in [0.25, 0.3) is 0 Å². The molecule has 0 heterocycles. The van der Waals surface area contributed by atoms with Crippen molar-refractivity contribution in [1.82, 2.24) is 0 Å². The van der Waals surface area contributed by atoms with Crippen molar-refractivity contribution in [3.63, 3.8) is 0 Å². The fraction of sp³-hybridized carbons (Fsp3) is 0.727. The van der Waals surface area contributed by atoms with E-state index in [0.717, 1.165) is 5.57 Å². The third-order valence-electron chi connectivity index (χ3n) is 2.35. The fourth-order valence-electron chi connectivity index (χ4n) is 1.59. The summed E-state index contributed by atoms with van der Waals surface area (Å²) in [5, 5.41) is 4.55. The molecule has 1 atom stereocenters. The molecule has 1 aliphatic rings. The van der Waals surface area contributed by atoms with Crippen molar-refractivity contribution in [3.8, 4) is 0 Å². The Labute approximate surface area is 95.2 Å². The van der Waals surface area contributed by atoms with Gasteiger partial charge in [-0.3, -0.25) is 0 Å². The molecular formula is C11H18O5. The maximum atomic E-state index is 11.8. The Morgan fingerprint density at radius 3 is 2.69 bits per heavy atom. The van der Waals surface area contributed by atoms with E-state index in [0.29, 0.717) is 26.1 Å². The molecule has 0 aromatic rings. The molecule has 0 N–H and O–H groups in total. The molecule has 0 saturated carbocycles. The Morgan fingerprint density at radius 2 is 2.19 bits per heavy atom. The lowest BCUT2D eigenvalue weighted by Crippen LogP contribution is -2.41. The number of rotatable bonds is 6. The van der Waals surface area contributed by atoms with E-state index >= 15 is 0 Å². The summed E-state index contributed by atoms with van der Waals surface area (Å²) in [6.45, 7) is 6.12. The van der Waals surface area contributed by atoms with Crippen molar-refractivity contribution in [2.75, 3.05) is 13.2 Å². The summed E-state index contributed by atoms with van der Waals surface area (Å²) in [4.78, 5) is 21.5. The first-order chi connectivity index (χ1) is 7.64. The molecule has 0 bridgehead atoms. The first kappa shape index (κ1) is 13.2. The van der Waals surface area contributed by atoms with Crippen LogP contribution in [0, 0.1) is 0 Å². The highest BCUT2D eigenvalue weighted by atomic mass is 17.5. The predicted octanol–water partition coefficient (Wildman–Crippen LogP) is 1.93. The normalized spacial score (nSPS) is 24.3. The van der Waals surface area contributed by atoms with Gasteiger partial charge in [0.15, 0.2) is 0 Å². The van der Waals surface area contributed by atoms with Crippen LogP contribution in [0.3, 0.4) is 0 Å². The van der Waals surface area contributed by atoms with Crippen molar-refractivity contribution < 1.29 is 24.3 Å². The maximum Gasteiger partial charge on any atom is 0.342 e. The third kappa shape index (κ3) is 3.04. The van der Waals surface area contributed by atoms with Crippen molar-refractivity contribution in [1.29, 1.82) is 0 Å². The highest BCUT2D eigenvalue weighted by Crippen LogP contribution is 2.34. The van der Waals surface area contributed by atoms with Crippen LogP contribution >= 0.6 is 0 Å². The molecule has 0 aromatic carbocycles. The molecule has 0 amide bonds. The molecule has 0 aromatic heterocycles. The zero-order chi connectivity index (χ0) is 12.0. The summed E-state index contributed by atoms with van der Waals surface area (Å²) in [6.07, 6.45) is 2.86. The Balaban J connectivity index is 2.59. The average Bonchev–Trinajstić information content (AvgIpc) is 2.62. The van der Waals surface area contributed by atoms with Gasteiger partial charge in [0, 0.05) is 12.8 Å². The Kier molecular flexibility index (Phi) is 4.92. The van der Waals surface area contributed by atoms with Crippen molar-refractivity contribution in [3.05, 3.63) is 11.6 Å². The second-order valence-corrected chi connectivity index (χ2v) is 3.70. The molecule has 5 heteroatoms. The zero-order valence-electron chi connectivity index (χ0n) is 9.95. The monoisotopic (exact) mass is 230 g/mol. The third-order valence-corrected chi connectivity index (χ3v) is 2.35. The van der Waals surface area contributed by atoms with E-state index < -0.39 is 11.6 Å². The van der Waals surface area contributed by atoms with Gasteiger partial charge in [0.25, 0.3) is 0 Å². The number of carbonyl (C=O) groups excluding carboxylic acids is 1. The number of carbonyl (C=O) groups is 1. The van der Waals surface area contributed by atoms with Gasteiger partial charge in [0.2, 0.25) is 5.60 Å². The molecule has 0 radical (unpaired) electrons. The van der Waals surface area contributed by atoms with Gasteiger partial charge in [-0.25, -0.2) is 9.68 Å². The minimum absolute atomic E-state index is 0.317. The van der Waals surface area contributed by atoms with Crippen LogP contribution in [0.15, 0.2) is 11.6 Å². The molecule has 0 saturated heterocycles. The Hall–Kier alpha value is -0.910. The van der Waals surface area contributed by atoms with Gasteiger partial charge in [-0.05, 0) is 20.8 Å². The second-order valence-electron chi connectivity index (χ2n) is 3.70. The molecule has 0 aliphatic heterocycles. The summed E-state index contributed by atoms with van der Waals surface area (Å²) in [7, 11) is 0. The van der Waals surface area contributed by atoms with Gasteiger partial charge in [-0.2, -0.15) is 4.89 Å².